The summed E-state index contributed by atoms with van der Waals surface area (Å²) in [5.41, 5.74) is 14.9. The largest absolute Gasteiger partial charge is 0.455 e. The summed E-state index contributed by atoms with van der Waals surface area (Å²) in [5.74, 6) is 1.77. The van der Waals surface area contributed by atoms with Gasteiger partial charge in [0.1, 0.15) is 11.2 Å². The molecule has 0 amide bonds. The van der Waals surface area contributed by atoms with E-state index in [2.05, 4.69) is 97.1 Å². The third-order valence-corrected chi connectivity index (χ3v) is 12.2. The van der Waals surface area contributed by atoms with E-state index in [9.17, 15) is 5.26 Å². The summed E-state index contributed by atoms with van der Waals surface area (Å²) < 4.78 is 6.40. The van der Waals surface area contributed by atoms with E-state index in [-0.39, 0.29) is 5.41 Å². The summed E-state index contributed by atoms with van der Waals surface area (Å²) in [4.78, 5) is 15.1. The van der Waals surface area contributed by atoms with E-state index in [1.807, 2.05) is 66.7 Å². The van der Waals surface area contributed by atoms with Crippen LogP contribution in [0.15, 0.2) is 162 Å². The molecule has 0 radical (unpaired) electrons. The molecular weight excluding hydrogens is 697 g/mol. The van der Waals surface area contributed by atoms with Gasteiger partial charge in [0.2, 0.25) is 0 Å². The first-order valence-corrected chi connectivity index (χ1v) is 19.8. The van der Waals surface area contributed by atoms with Crippen molar-refractivity contribution in [1.29, 1.82) is 5.26 Å². The van der Waals surface area contributed by atoms with E-state index in [1.54, 1.807) is 0 Å². The number of nitrogens with zero attached hydrogens (tertiary/aromatic N) is 4. The zero-order valence-electron chi connectivity index (χ0n) is 31.2. The van der Waals surface area contributed by atoms with Gasteiger partial charge in [0, 0.05) is 27.3 Å². The molecule has 11 rings (SSSR count). The molecule has 57 heavy (non-hydrogen) atoms. The van der Waals surface area contributed by atoms with E-state index in [4.69, 9.17) is 19.4 Å². The average Bonchev–Trinajstić information content (AvgIpc) is 3.80. The molecule has 0 saturated heterocycles. The maximum atomic E-state index is 9.89. The Morgan fingerprint density at radius 3 is 1.95 bits per heavy atom. The van der Waals surface area contributed by atoms with Crippen LogP contribution in [0.25, 0.3) is 89.5 Å². The van der Waals surface area contributed by atoms with Crippen LogP contribution < -0.4 is 0 Å². The molecule has 2 heterocycles. The number of hydrogen-bond acceptors (Lipinski definition) is 5. The number of hydrogen-bond donors (Lipinski definition) is 0. The van der Waals surface area contributed by atoms with Gasteiger partial charge in [0.15, 0.2) is 17.5 Å². The normalized spacial score (nSPS) is 14.1. The average molecular weight is 733 g/mol. The second-order valence-corrected chi connectivity index (χ2v) is 15.4. The molecular formula is C52H36N4O. The second-order valence-electron chi connectivity index (χ2n) is 15.4. The zero-order valence-corrected chi connectivity index (χ0v) is 31.2. The Bertz CT molecular complexity index is 3060. The molecule has 2 aliphatic rings. The van der Waals surface area contributed by atoms with Crippen LogP contribution in [0.4, 0.5) is 0 Å². The molecule has 2 aromatic heterocycles. The van der Waals surface area contributed by atoms with Crippen molar-refractivity contribution in [3.63, 3.8) is 0 Å². The Kier molecular flexibility index (Phi) is 7.72. The van der Waals surface area contributed by atoms with Gasteiger partial charge in [-0.25, -0.2) is 15.0 Å². The highest BCUT2D eigenvalue weighted by molar-refractivity contribution is 6.09. The predicted molar refractivity (Wildman–Crippen MR) is 228 cm³/mol. The molecule has 0 aliphatic heterocycles. The van der Waals surface area contributed by atoms with Crippen molar-refractivity contribution in [1.82, 2.24) is 15.0 Å². The predicted octanol–water partition coefficient (Wildman–Crippen LogP) is 13.2. The van der Waals surface area contributed by atoms with Crippen molar-refractivity contribution in [2.45, 2.75) is 37.5 Å². The van der Waals surface area contributed by atoms with Crippen LogP contribution in [0.1, 0.15) is 48.8 Å². The summed E-state index contributed by atoms with van der Waals surface area (Å²) in [6.07, 6.45) is 6.04. The van der Waals surface area contributed by atoms with Gasteiger partial charge in [-0.2, -0.15) is 5.26 Å². The van der Waals surface area contributed by atoms with Gasteiger partial charge in [-0.1, -0.05) is 147 Å². The Labute approximate surface area is 331 Å². The topological polar surface area (TPSA) is 75.6 Å². The van der Waals surface area contributed by atoms with Crippen molar-refractivity contribution < 1.29 is 4.42 Å². The molecule has 2 aliphatic carbocycles. The van der Waals surface area contributed by atoms with Crippen LogP contribution >= 0.6 is 0 Å². The lowest BCUT2D eigenvalue weighted by Gasteiger charge is -2.36. The molecule has 5 nitrogen and oxygen atoms in total. The minimum Gasteiger partial charge on any atom is -0.455 e. The maximum absolute atomic E-state index is 9.89. The number of nitriles is 1. The number of aromatic nitrogens is 3. The first kappa shape index (κ1) is 33.2. The molecule has 7 aromatic carbocycles. The van der Waals surface area contributed by atoms with Gasteiger partial charge in [0.05, 0.1) is 17.2 Å². The number of fused-ring (bicyclic) bond motifs is 8. The lowest BCUT2D eigenvalue weighted by molar-refractivity contribution is 0.353. The van der Waals surface area contributed by atoms with E-state index >= 15 is 0 Å². The fourth-order valence-electron chi connectivity index (χ4n) is 9.50. The molecule has 1 spiro atoms. The van der Waals surface area contributed by atoms with Crippen molar-refractivity contribution >= 4 is 21.9 Å². The summed E-state index contributed by atoms with van der Waals surface area (Å²) in [6, 6.07) is 57.2. The summed E-state index contributed by atoms with van der Waals surface area (Å²) >= 11 is 0. The number of para-hydroxylation sites is 2. The van der Waals surface area contributed by atoms with E-state index in [1.165, 1.54) is 52.6 Å². The molecule has 1 saturated carbocycles. The fraction of sp³-hybridized carbons (Fsp3) is 0.115. The lowest BCUT2D eigenvalue weighted by atomic mass is 9.67. The van der Waals surface area contributed by atoms with Crippen molar-refractivity contribution in [3.8, 4) is 73.6 Å². The minimum atomic E-state index is 0.0220. The Morgan fingerprint density at radius 2 is 1.12 bits per heavy atom. The molecule has 0 unspecified atom stereocenters. The van der Waals surface area contributed by atoms with E-state index in [0.717, 1.165) is 62.6 Å². The first-order valence-electron chi connectivity index (χ1n) is 19.8. The molecule has 0 atom stereocenters. The second kappa shape index (κ2) is 13.3. The summed E-state index contributed by atoms with van der Waals surface area (Å²) in [7, 11) is 0. The summed E-state index contributed by atoms with van der Waals surface area (Å²) in [6.45, 7) is 0. The van der Waals surface area contributed by atoms with E-state index in [0.29, 0.717) is 23.0 Å². The number of rotatable bonds is 5. The van der Waals surface area contributed by atoms with Gasteiger partial charge in [0.25, 0.3) is 0 Å². The highest BCUT2D eigenvalue weighted by Crippen LogP contribution is 2.58. The SMILES string of the molecule is N#Cc1ccc2c(c1)-c1c(-c3cccc(-c4ccc(-c5nc(-c6ccccc6)nc(-c6cccc7c6oc6ccccc67)n5)cc4)c3)cccc1C21CCCCC1. The third kappa shape index (κ3) is 5.40. The Hall–Kier alpha value is -7.16. The van der Waals surface area contributed by atoms with Crippen molar-refractivity contribution in [3.05, 3.63) is 174 Å². The Morgan fingerprint density at radius 1 is 0.474 bits per heavy atom. The Balaban J connectivity index is 0.989. The quantitative estimate of drug-likeness (QED) is 0.176. The van der Waals surface area contributed by atoms with E-state index < -0.39 is 0 Å². The van der Waals surface area contributed by atoms with Crippen molar-refractivity contribution in [2.24, 2.45) is 0 Å². The molecule has 5 heteroatoms. The number of benzene rings is 7. The molecule has 1 fully saturated rings. The smallest absolute Gasteiger partial charge is 0.167 e. The van der Waals surface area contributed by atoms with Gasteiger partial charge >= 0.3 is 0 Å². The number of furan rings is 1. The van der Waals surface area contributed by atoms with Crippen LogP contribution in [-0.2, 0) is 5.41 Å². The maximum Gasteiger partial charge on any atom is 0.167 e. The fourth-order valence-corrected chi connectivity index (χ4v) is 9.50. The molecule has 0 bridgehead atoms. The molecule has 0 N–H and O–H groups in total. The highest BCUT2D eigenvalue weighted by Gasteiger charge is 2.44. The van der Waals surface area contributed by atoms with Crippen LogP contribution in [0.3, 0.4) is 0 Å². The lowest BCUT2D eigenvalue weighted by Crippen LogP contribution is -2.28. The monoisotopic (exact) mass is 732 g/mol. The third-order valence-electron chi connectivity index (χ3n) is 12.2. The minimum absolute atomic E-state index is 0.0220. The van der Waals surface area contributed by atoms with Gasteiger partial charge in [-0.05, 0) is 87.7 Å². The molecule has 9 aromatic rings. The molecule has 270 valence electrons. The van der Waals surface area contributed by atoms with Crippen LogP contribution in [-0.4, -0.2) is 15.0 Å². The van der Waals surface area contributed by atoms with Crippen molar-refractivity contribution in [2.75, 3.05) is 0 Å². The van der Waals surface area contributed by atoms with Crippen LogP contribution in [0, 0.1) is 11.3 Å². The van der Waals surface area contributed by atoms with Gasteiger partial charge in [-0.15, -0.1) is 0 Å². The zero-order chi connectivity index (χ0) is 37.9. The van der Waals surface area contributed by atoms with Gasteiger partial charge in [-0.3, -0.25) is 0 Å². The van der Waals surface area contributed by atoms with Crippen LogP contribution in [0.2, 0.25) is 0 Å². The first-order chi connectivity index (χ1) is 28.2. The van der Waals surface area contributed by atoms with Crippen LogP contribution in [0.5, 0.6) is 0 Å². The van der Waals surface area contributed by atoms with Gasteiger partial charge < -0.3 is 4.42 Å². The highest BCUT2D eigenvalue weighted by atomic mass is 16.3. The summed E-state index contributed by atoms with van der Waals surface area (Å²) in [5, 5.41) is 12.0. The standard InChI is InChI=1S/C52H36N4O/c53-32-33-22-27-44-43(30-33)47-39(17-11-20-45(47)52(44)28-7-2-8-29-52)38-15-9-14-37(31-38)34-23-25-36(26-24-34)50-54-49(35-12-3-1-4-13-35)55-51(56-50)42-19-10-18-41-40-16-5-6-21-46(40)57-48(41)42/h1,3-6,9-27,30-31H,2,7-8,28-29H2.